The highest BCUT2D eigenvalue weighted by Gasteiger charge is 2.33. The fraction of sp³-hybridized carbons (Fsp3) is 0.0588. The predicted octanol–water partition coefficient (Wildman–Crippen LogP) is 5.40. The molecule has 1 amide bonds. The minimum atomic E-state index is -4.64. The number of hydrogen-bond donors (Lipinski definition) is 0. The third-order valence-corrected chi connectivity index (χ3v) is 3.52. The lowest BCUT2D eigenvalue weighted by atomic mass is 10.0. The van der Waals surface area contributed by atoms with E-state index >= 15 is 0 Å². The third kappa shape index (κ3) is 4.30. The van der Waals surface area contributed by atoms with Gasteiger partial charge in [-0.25, -0.2) is 13.8 Å². The SMILES string of the molecule is C=NC(=O)/C(=C/c1ccc(C(F)(F)F)c(Cl)c1)c1ccc(F)cc1F. The second kappa shape index (κ2) is 7.14. The fourth-order valence-electron chi connectivity index (χ4n) is 2.07. The summed E-state index contributed by atoms with van der Waals surface area (Å²) in [5, 5.41) is -0.584. The van der Waals surface area contributed by atoms with E-state index in [2.05, 4.69) is 11.7 Å². The summed E-state index contributed by atoms with van der Waals surface area (Å²) in [5.74, 6) is -2.81. The van der Waals surface area contributed by atoms with Crippen LogP contribution in [0.1, 0.15) is 16.7 Å². The van der Waals surface area contributed by atoms with Crippen molar-refractivity contribution >= 4 is 35.9 Å². The Balaban J connectivity index is 2.57. The zero-order valence-electron chi connectivity index (χ0n) is 12.4. The van der Waals surface area contributed by atoms with Crippen LogP contribution in [0.2, 0.25) is 5.02 Å². The van der Waals surface area contributed by atoms with Crippen LogP contribution in [0, 0.1) is 11.6 Å². The molecule has 8 heteroatoms. The molecule has 0 spiro atoms. The number of aliphatic imine (C=N–C) groups is 1. The molecule has 2 rings (SSSR count). The van der Waals surface area contributed by atoms with E-state index in [0.717, 1.165) is 36.4 Å². The van der Waals surface area contributed by atoms with Crippen LogP contribution in [0.25, 0.3) is 11.6 Å². The molecule has 0 atom stereocenters. The van der Waals surface area contributed by atoms with Gasteiger partial charge in [0, 0.05) is 11.6 Å². The fourth-order valence-corrected chi connectivity index (χ4v) is 2.36. The zero-order chi connectivity index (χ0) is 18.8. The summed E-state index contributed by atoms with van der Waals surface area (Å²) in [6.07, 6.45) is -3.54. The van der Waals surface area contributed by atoms with E-state index in [0.29, 0.717) is 6.07 Å². The van der Waals surface area contributed by atoms with Crippen LogP contribution in [0.4, 0.5) is 22.0 Å². The highest BCUT2D eigenvalue weighted by atomic mass is 35.5. The van der Waals surface area contributed by atoms with Gasteiger partial charge in [0.15, 0.2) is 0 Å². The van der Waals surface area contributed by atoms with Crippen molar-refractivity contribution in [3.8, 4) is 0 Å². The third-order valence-electron chi connectivity index (χ3n) is 3.20. The van der Waals surface area contributed by atoms with E-state index < -0.39 is 34.3 Å². The molecule has 130 valence electrons. The largest absolute Gasteiger partial charge is 0.417 e. The van der Waals surface area contributed by atoms with E-state index in [9.17, 15) is 26.7 Å². The standard InChI is InChI=1S/C17H9ClF5NO/c1-24-16(25)12(11-4-3-10(19)8-15(11)20)6-9-2-5-13(14(18)7-9)17(21,22)23/h2-8H,1H2/b12-6+. The molecule has 0 unspecified atom stereocenters. The molecule has 0 saturated carbocycles. The molecule has 2 aromatic rings. The van der Waals surface area contributed by atoms with Crippen molar-refractivity contribution in [3.05, 3.63) is 69.7 Å². The summed E-state index contributed by atoms with van der Waals surface area (Å²) >= 11 is 5.62. The van der Waals surface area contributed by atoms with Gasteiger partial charge in [-0.15, -0.1) is 0 Å². The number of nitrogens with zero attached hydrogens (tertiary/aromatic N) is 1. The summed E-state index contributed by atoms with van der Waals surface area (Å²) in [7, 11) is 0. The van der Waals surface area contributed by atoms with Gasteiger partial charge in [0.2, 0.25) is 0 Å². The van der Waals surface area contributed by atoms with Crippen molar-refractivity contribution in [2.45, 2.75) is 6.18 Å². The monoisotopic (exact) mass is 373 g/mol. The van der Waals surface area contributed by atoms with E-state index in [1.54, 1.807) is 0 Å². The van der Waals surface area contributed by atoms with Crippen LogP contribution >= 0.6 is 11.6 Å². The molecule has 0 aliphatic carbocycles. The molecule has 0 N–H and O–H groups in total. The first-order chi connectivity index (χ1) is 11.6. The first-order valence-corrected chi connectivity index (χ1v) is 7.06. The van der Waals surface area contributed by atoms with Crippen LogP contribution in [-0.2, 0) is 11.0 Å². The quantitative estimate of drug-likeness (QED) is 0.306. The Hall–Kier alpha value is -2.54. The maximum Gasteiger partial charge on any atom is 0.417 e. The van der Waals surface area contributed by atoms with E-state index in [-0.39, 0.29) is 16.7 Å². The summed E-state index contributed by atoms with van der Waals surface area (Å²) < 4.78 is 65.1. The Kier molecular flexibility index (Phi) is 5.37. The average Bonchev–Trinajstić information content (AvgIpc) is 2.51. The molecular formula is C17H9ClF5NO. The minimum absolute atomic E-state index is 0.105. The van der Waals surface area contributed by atoms with Gasteiger partial charge in [0.05, 0.1) is 16.2 Å². The topological polar surface area (TPSA) is 29.4 Å². The Bertz CT molecular complexity index is 874. The summed E-state index contributed by atoms with van der Waals surface area (Å²) in [6.45, 7) is 3.05. The lowest BCUT2D eigenvalue weighted by Crippen LogP contribution is -2.06. The van der Waals surface area contributed by atoms with Gasteiger partial charge >= 0.3 is 6.18 Å². The Labute approximate surface area is 144 Å². The zero-order valence-corrected chi connectivity index (χ0v) is 13.1. The number of benzene rings is 2. The summed E-state index contributed by atoms with van der Waals surface area (Å²) in [6, 6.07) is 5.29. The van der Waals surface area contributed by atoms with Crippen LogP contribution in [0.5, 0.6) is 0 Å². The Morgan fingerprint density at radius 3 is 2.32 bits per heavy atom. The van der Waals surface area contributed by atoms with Crippen molar-refractivity contribution < 1.29 is 26.7 Å². The highest BCUT2D eigenvalue weighted by molar-refractivity contribution is 6.32. The molecule has 0 aromatic heterocycles. The molecule has 0 fully saturated rings. The molecule has 2 nitrogen and oxygen atoms in total. The number of carbonyl (C=O) groups excluding carboxylic acids is 1. The smallest absolute Gasteiger partial charge is 0.267 e. The molecule has 0 aliphatic heterocycles. The number of carbonyl (C=O) groups is 1. The molecule has 0 aliphatic rings. The van der Waals surface area contributed by atoms with Crippen LogP contribution in [0.3, 0.4) is 0 Å². The van der Waals surface area contributed by atoms with E-state index in [1.807, 2.05) is 0 Å². The maximum atomic E-state index is 13.9. The average molecular weight is 374 g/mol. The van der Waals surface area contributed by atoms with Crippen molar-refractivity contribution in [1.82, 2.24) is 0 Å². The predicted molar refractivity (Wildman–Crippen MR) is 85.2 cm³/mol. The number of rotatable bonds is 3. The van der Waals surface area contributed by atoms with Gasteiger partial charge < -0.3 is 0 Å². The van der Waals surface area contributed by atoms with Crippen molar-refractivity contribution in [3.63, 3.8) is 0 Å². The number of amides is 1. The van der Waals surface area contributed by atoms with Crippen LogP contribution < -0.4 is 0 Å². The lowest BCUT2D eigenvalue weighted by molar-refractivity contribution is -0.137. The van der Waals surface area contributed by atoms with Gasteiger partial charge in [-0.1, -0.05) is 17.7 Å². The molecule has 0 saturated heterocycles. The van der Waals surface area contributed by atoms with Crippen LogP contribution in [0.15, 0.2) is 41.4 Å². The van der Waals surface area contributed by atoms with E-state index in [1.165, 1.54) is 0 Å². The van der Waals surface area contributed by atoms with Crippen molar-refractivity contribution in [2.24, 2.45) is 4.99 Å². The Morgan fingerprint density at radius 2 is 1.80 bits per heavy atom. The van der Waals surface area contributed by atoms with Crippen molar-refractivity contribution in [2.75, 3.05) is 0 Å². The molecule has 2 aromatic carbocycles. The summed E-state index contributed by atoms with van der Waals surface area (Å²) in [5.41, 5.74) is -1.51. The first kappa shape index (κ1) is 18.8. The molecule has 25 heavy (non-hydrogen) atoms. The van der Waals surface area contributed by atoms with E-state index in [4.69, 9.17) is 11.6 Å². The number of hydrogen-bond acceptors (Lipinski definition) is 1. The van der Waals surface area contributed by atoms with Gasteiger partial charge in [-0.3, -0.25) is 4.79 Å². The van der Waals surface area contributed by atoms with Crippen molar-refractivity contribution in [1.29, 1.82) is 0 Å². The second-order valence-electron chi connectivity index (χ2n) is 4.88. The minimum Gasteiger partial charge on any atom is -0.267 e. The number of alkyl halides is 3. The molecule has 0 bridgehead atoms. The van der Waals surface area contributed by atoms with Crippen LogP contribution in [-0.4, -0.2) is 12.6 Å². The highest BCUT2D eigenvalue weighted by Crippen LogP contribution is 2.35. The van der Waals surface area contributed by atoms with Gasteiger partial charge in [0.1, 0.15) is 11.6 Å². The number of halogens is 6. The van der Waals surface area contributed by atoms with Gasteiger partial charge in [-0.2, -0.15) is 13.2 Å². The lowest BCUT2D eigenvalue weighted by Gasteiger charge is -2.10. The Morgan fingerprint density at radius 1 is 1.12 bits per heavy atom. The second-order valence-corrected chi connectivity index (χ2v) is 5.29. The summed E-state index contributed by atoms with van der Waals surface area (Å²) in [4.78, 5) is 15.1. The molecule has 0 heterocycles. The van der Waals surface area contributed by atoms with Gasteiger partial charge in [0.25, 0.3) is 5.91 Å². The van der Waals surface area contributed by atoms with Gasteiger partial charge in [-0.05, 0) is 42.6 Å². The maximum absolute atomic E-state index is 13.9. The molecular weight excluding hydrogens is 365 g/mol. The first-order valence-electron chi connectivity index (χ1n) is 6.68. The molecule has 0 radical (unpaired) electrons. The normalized spacial score (nSPS) is 12.2.